The van der Waals surface area contributed by atoms with Crippen LogP contribution in [0.15, 0.2) is 72.9 Å². The zero-order valence-electron chi connectivity index (χ0n) is 25.1. The normalized spacial score (nSPS) is 11.6. The summed E-state index contributed by atoms with van der Waals surface area (Å²) < 4.78 is 67.7. The third-order valence-electron chi connectivity index (χ3n) is 7.16. The molecule has 0 aliphatic carbocycles. The number of nitro benzene ring substituents is 1. The molecule has 49 heavy (non-hydrogen) atoms. The first-order chi connectivity index (χ1) is 22.7. The van der Waals surface area contributed by atoms with Crippen molar-refractivity contribution in [2.24, 2.45) is 0 Å². The molecule has 11 nitrogen and oxygen atoms in total. The molecule has 3 aromatic carbocycles. The number of aromatic nitrogens is 1. The molecule has 0 fully saturated rings. The number of carbonyl (C=O) groups is 3. The Bertz CT molecular complexity index is 1830. The van der Waals surface area contributed by atoms with Gasteiger partial charge < -0.3 is 14.4 Å². The number of alkyl halides is 2. The highest BCUT2D eigenvalue weighted by molar-refractivity contribution is 6.31. The number of carbonyl (C=O) groups excluding carboxylic acids is 3. The molecular formula is C33H31ClF4N4O7. The minimum atomic E-state index is -3.74. The van der Waals surface area contributed by atoms with Crippen molar-refractivity contribution in [1.82, 2.24) is 9.88 Å². The second-order valence-corrected chi connectivity index (χ2v) is 11.0. The summed E-state index contributed by atoms with van der Waals surface area (Å²) in [5.41, 5.74) is -0.209. The Kier molecular flexibility index (Phi) is 13.0. The Morgan fingerprint density at radius 2 is 1.76 bits per heavy atom. The number of non-ortho nitro benzene ring substituents is 1. The second-order valence-electron chi connectivity index (χ2n) is 10.6. The Morgan fingerprint density at radius 3 is 2.45 bits per heavy atom. The largest absolute Gasteiger partial charge is 0.456 e. The smallest absolute Gasteiger partial charge is 0.412 e. The van der Waals surface area contributed by atoms with Crippen molar-refractivity contribution in [2.45, 2.75) is 38.7 Å². The first kappa shape index (κ1) is 38.1. The number of aryl methyl sites for hydroxylation is 1. The lowest BCUT2D eigenvalue weighted by atomic mass is 10.1. The van der Waals surface area contributed by atoms with Gasteiger partial charge in [0.05, 0.1) is 21.6 Å². The van der Waals surface area contributed by atoms with Crippen LogP contribution in [-0.2, 0) is 20.7 Å². The summed E-state index contributed by atoms with van der Waals surface area (Å²) in [5.74, 6) is -6.81. The lowest BCUT2D eigenvalue weighted by Gasteiger charge is -2.31. The quantitative estimate of drug-likeness (QED) is 0.0649. The van der Waals surface area contributed by atoms with Crippen LogP contribution in [0.1, 0.15) is 36.2 Å². The van der Waals surface area contributed by atoms with Gasteiger partial charge in [0.2, 0.25) is 5.91 Å². The van der Waals surface area contributed by atoms with Crippen molar-refractivity contribution >= 4 is 51.8 Å². The van der Waals surface area contributed by atoms with E-state index in [1.807, 2.05) is 0 Å². The molecule has 0 radical (unpaired) electrons. The molecule has 0 bridgehead atoms. The van der Waals surface area contributed by atoms with E-state index in [-0.39, 0.29) is 42.4 Å². The number of nitrogens with one attached hydrogen (secondary N) is 1. The average Bonchev–Trinajstić information content (AvgIpc) is 3.05. The Balaban J connectivity index is 0.00000650. The molecule has 0 saturated carbocycles. The van der Waals surface area contributed by atoms with Crippen molar-refractivity contribution in [3.8, 4) is 0 Å². The van der Waals surface area contributed by atoms with E-state index in [2.05, 4.69) is 10.3 Å². The molecule has 1 N–H and O–H groups in total. The summed E-state index contributed by atoms with van der Waals surface area (Å²) in [6, 6.07) is 12.0. The average molecular weight is 707 g/mol. The predicted octanol–water partition coefficient (Wildman–Crippen LogP) is 7.60. The molecule has 4 rings (SSSR count). The molecule has 1 atom stereocenters. The Labute approximate surface area is 282 Å². The molecule has 1 heterocycles. The number of likely N-dealkylation sites (N-methyl/N-ethyl adjacent to an activating group) is 1. The fourth-order valence-corrected chi connectivity index (χ4v) is 4.76. The van der Waals surface area contributed by atoms with E-state index in [0.29, 0.717) is 16.3 Å². The number of anilines is 1. The van der Waals surface area contributed by atoms with E-state index < -0.39 is 66.1 Å². The molecule has 4 aromatic rings. The lowest BCUT2D eigenvalue weighted by molar-refractivity contribution is -0.384. The Morgan fingerprint density at radius 1 is 1.04 bits per heavy atom. The summed E-state index contributed by atoms with van der Waals surface area (Å²) in [7, 11) is 1.21. The fraction of sp³-hybridized carbons (Fsp3) is 0.273. The topological polar surface area (TPSA) is 141 Å². The fourth-order valence-electron chi connectivity index (χ4n) is 4.54. The van der Waals surface area contributed by atoms with Crippen LogP contribution in [0, 0.1) is 21.7 Å². The zero-order chi connectivity index (χ0) is 35.0. The molecule has 0 aliphatic heterocycles. The van der Waals surface area contributed by atoms with Gasteiger partial charge in [0.15, 0.2) is 6.61 Å². The predicted molar refractivity (Wildman–Crippen MR) is 173 cm³/mol. The number of ether oxygens (including phenoxy) is 2. The van der Waals surface area contributed by atoms with Gasteiger partial charge in [-0.05, 0) is 59.8 Å². The van der Waals surface area contributed by atoms with Crippen molar-refractivity contribution in [3.05, 3.63) is 111 Å². The highest BCUT2D eigenvalue weighted by Crippen LogP contribution is 2.26. The standard InChI is InChI=1S/C32H27ClF4N4O7.CH4/c1-40(28(42)12-8-19-3-2-4-26(35)29(19)33)25(15-32(36,37)18-48-30(43)20-6-10-24(11-7-20)41(45)46)17-47-31(44)39-27-14-22-13-23(34)9-5-21(22)16-38-27;/h2-7,9-11,13-14,16,25H,8,12,15,17-18H2,1H3,(H,38,39,44);1H4/t25-;/m0./s1. The van der Waals surface area contributed by atoms with Gasteiger partial charge in [0.25, 0.3) is 11.6 Å². The molecule has 0 aliphatic rings. The first-order valence-electron chi connectivity index (χ1n) is 14.2. The third-order valence-corrected chi connectivity index (χ3v) is 7.59. The minimum absolute atomic E-state index is 0. The van der Waals surface area contributed by atoms with Gasteiger partial charge in [0.1, 0.15) is 24.1 Å². The maximum Gasteiger partial charge on any atom is 0.412 e. The van der Waals surface area contributed by atoms with Crippen LogP contribution in [0.3, 0.4) is 0 Å². The van der Waals surface area contributed by atoms with Gasteiger partial charge in [-0.1, -0.05) is 31.2 Å². The summed E-state index contributed by atoms with van der Waals surface area (Å²) >= 11 is 5.96. The van der Waals surface area contributed by atoms with Crippen LogP contribution < -0.4 is 5.32 Å². The van der Waals surface area contributed by atoms with Crippen LogP contribution in [0.5, 0.6) is 0 Å². The number of hydrogen-bond acceptors (Lipinski definition) is 8. The van der Waals surface area contributed by atoms with E-state index in [0.717, 1.165) is 35.2 Å². The number of amides is 2. The van der Waals surface area contributed by atoms with E-state index >= 15 is 8.78 Å². The van der Waals surface area contributed by atoms with Gasteiger partial charge in [-0.2, -0.15) is 0 Å². The van der Waals surface area contributed by atoms with Crippen LogP contribution in [-0.4, -0.2) is 65.0 Å². The van der Waals surface area contributed by atoms with Gasteiger partial charge in [-0.15, -0.1) is 0 Å². The van der Waals surface area contributed by atoms with Crippen molar-refractivity contribution in [1.29, 1.82) is 0 Å². The number of rotatable bonds is 13. The third kappa shape index (κ3) is 10.6. The molecule has 0 spiro atoms. The number of nitrogens with zero attached hydrogens (tertiary/aromatic N) is 3. The molecule has 260 valence electrons. The van der Waals surface area contributed by atoms with E-state index in [1.54, 1.807) is 0 Å². The Hall–Kier alpha value is -5.31. The summed E-state index contributed by atoms with van der Waals surface area (Å²) in [6.07, 6.45) is -1.14. The maximum atomic E-state index is 15.2. The molecule has 16 heteroatoms. The lowest BCUT2D eigenvalue weighted by Crippen LogP contribution is -2.45. The van der Waals surface area contributed by atoms with Gasteiger partial charge in [0, 0.05) is 43.6 Å². The minimum Gasteiger partial charge on any atom is -0.456 e. The van der Waals surface area contributed by atoms with Crippen LogP contribution in [0.4, 0.5) is 33.9 Å². The number of hydrogen-bond donors (Lipinski definition) is 1. The number of fused-ring (bicyclic) bond motifs is 1. The van der Waals surface area contributed by atoms with Gasteiger partial charge in [-0.25, -0.2) is 32.1 Å². The first-order valence-corrected chi connectivity index (χ1v) is 14.6. The van der Waals surface area contributed by atoms with E-state index in [4.69, 9.17) is 21.1 Å². The van der Waals surface area contributed by atoms with Crippen molar-refractivity contribution in [2.75, 3.05) is 25.6 Å². The van der Waals surface area contributed by atoms with Crippen molar-refractivity contribution < 1.29 is 46.3 Å². The van der Waals surface area contributed by atoms with Crippen LogP contribution in [0.2, 0.25) is 5.02 Å². The van der Waals surface area contributed by atoms with Crippen LogP contribution >= 0.6 is 11.6 Å². The molecule has 2 amide bonds. The highest BCUT2D eigenvalue weighted by atomic mass is 35.5. The van der Waals surface area contributed by atoms with E-state index in [1.165, 1.54) is 49.6 Å². The van der Waals surface area contributed by atoms with Gasteiger partial charge in [-0.3, -0.25) is 20.2 Å². The number of esters is 1. The molecular weight excluding hydrogens is 676 g/mol. The van der Waals surface area contributed by atoms with Crippen molar-refractivity contribution in [3.63, 3.8) is 0 Å². The SMILES string of the molecule is C.CN(C(=O)CCc1cccc(F)c1Cl)[C@H](COC(=O)Nc1cc2cc(F)ccc2cn1)CC(F)(F)COC(=O)c1ccc([N+](=O)[O-])cc1. The molecule has 0 saturated heterocycles. The number of benzene rings is 3. The number of nitro groups is 1. The van der Waals surface area contributed by atoms with Crippen LogP contribution in [0.25, 0.3) is 10.8 Å². The number of pyridine rings is 1. The molecule has 1 aromatic heterocycles. The van der Waals surface area contributed by atoms with E-state index in [9.17, 15) is 33.3 Å². The second kappa shape index (κ2) is 16.7. The maximum absolute atomic E-state index is 15.2. The summed E-state index contributed by atoms with van der Waals surface area (Å²) in [5, 5.41) is 14.0. The summed E-state index contributed by atoms with van der Waals surface area (Å²) in [6.45, 7) is -2.16. The zero-order valence-corrected chi connectivity index (χ0v) is 25.9. The summed E-state index contributed by atoms with van der Waals surface area (Å²) in [4.78, 5) is 53.1. The van der Waals surface area contributed by atoms with Gasteiger partial charge >= 0.3 is 12.1 Å². The monoisotopic (exact) mass is 706 g/mol. The highest BCUT2D eigenvalue weighted by Gasteiger charge is 2.38. The molecule has 0 unspecified atom stereocenters. The number of halogens is 5.